The second-order valence-corrected chi connectivity index (χ2v) is 4.84. The lowest BCUT2D eigenvalue weighted by atomic mass is 10.1. The van der Waals surface area contributed by atoms with E-state index in [1.54, 1.807) is 18.2 Å². The zero-order valence-electron chi connectivity index (χ0n) is 12.0. The van der Waals surface area contributed by atoms with E-state index in [0.29, 0.717) is 18.9 Å². The van der Waals surface area contributed by atoms with Gasteiger partial charge in [0.2, 0.25) is 0 Å². The van der Waals surface area contributed by atoms with Crippen LogP contribution in [0.15, 0.2) is 48.5 Å². The van der Waals surface area contributed by atoms with Crippen LogP contribution in [0.2, 0.25) is 0 Å². The van der Waals surface area contributed by atoms with Crippen LogP contribution in [0.3, 0.4) is 0 Å². The van der Waals surface area contributed by atoms with Gasteiger partial charge >= 0.3 is 5.97 Å². The molecule has 0 saturated carbocycles. The van der Waals surface area contributed by atoms with E-state index in [4.69, 9.17) is 9.84 Å². The van der Waals surface area contributed by atoms with Crippen LogP contribution in [0.5, 0.6) is 5.75 Å². The molecular formula is C17H19NO3. The van der Waals surface area contributed by atoms with E-state index in [0.717, 1.165) is 6.54 Å². The molecule has 0 aromatic heterocycles. The maximum Gasteiger partial charge on any atom is 0.335 e. The van der Waals surface area contributed by atoms with Gasteiger partial charge in [-0.25, -0.2) is 4.79 Å². The molecule has 0 heterocycles. The Labute approximate surface area is 124 Å². The highest BCUT2D eigenvalue weighted by Gasteiger charge is 2.03. The molecule has 0 unspecified atom stereocenters. The van der Waals surface area contributed by atoms with Gasteiger partial charge in [-0.1, -0.05) is 35.9 Å². The third-order valence-electron chi connectivity index (χ3n) is 3.08. The van der Waals surface area contributed by atoms with E-state index in [-0.39, 0.29) is 5.56 Å². The number of benzene rings is 2. The smallest absolute Gasteiger partial charge is 0.335 e. The Morgan fingerprint density at radius 1 is 1.19 bits per heavy atom. The average molecular weight is 285 g/mol. The predicted molar refractivity (Wildman–Crippen MR) is 81.8 cm³/mol. The van der Waals surface area contributed by atoms with Gasteiger partial charge in [0.25, 0.3) is 0 Å². The van der Waals surface area contributed by atoms with E-state index in [9.17, 15) is 4.79 Å². The van der Waals surface area contributed by atoms with Crippen molar-refractivity contribution in [3.05, 3.63) is 65.2 Å². The third-order valence-corrected chi connectivity index (χ3v) is 3.08. The highest BCUT2D eigenvalue weighted by molar-refractivity contribution is 5.87. The average Bonchev–Trinajstić information content (AvgIpc) is 2.49. The Bertz CT molecular complexity index is 593. The molecule has 2 rings (SSSR count). The summed E-state index contributed by atoms with van der Waals surface area (Å²) in [6.45, 7) is 4.05. The van der Waals surface area contributed by atoms with Crippen molar-refractivity contribution < 1.29 is 14.6 Å². The van der Waals surface area contributed by atoms with Gasteiger partial charge in [0.1, 0.15) is 12.4 Å². The molecule has 110 valence electrons. The van der Waals surface area contributed by atoms with Gasteiger partial charge in [-0.05, 0) is 30.7 Å². The van der Waals surface area contributed by atoms with Gasteiger partial charge < -0.3 is 15.2 Å². The first-order valence-corrected chi connectivity index (χ1v) is 6.87. The topological polar surface area (TPSA) is 58.6 Å². The van der Waals surface area contributed by atoms with Gasteiger partial charge in [-0.2, -0.15) is 0 Å². The number of rotatable bonds is 7. The molecular weight excluding hydrogens is 266 g/mol. The number of hydrogen-bond donors (Lipinski definition) is 2. The molecule has 4 nitrogen and oxygen atoms in total. The normalized spacial score (nSPS) is 10.3. The maximum atomic E-state index is 10.8. The number of nitrogens with one attached hydrogen (secondary N) is 1. The summed E-state index contributed by atoms with van der Waals surface area (Å²) in [5.74, 6) is -0.370. The molecule has 0 amide bonds. The maximum absolute atomic E-state index is 10.8. The van der Waals surface area contributed by atoms with Gasteiger partial charge in [-0.3, -0.25) is 0 Å². The number of carboxylic acid groups (broad SMARTS) is 1. The van der Waals surface area contributed by atoms with Crippen molar-refractivity contribution in [1.29, 1.82) is 0 Å². The van der Waals surface area contributed by atoms with Crippen molar-refractivity contribution in [3.8, 4) is 5.75 Å². The molecule has 0 aliphatic rings. The van der Waals surface area contributed by atoms with Crippen molar-refractivity contribution in [1.82, 2.24) is 5.32 Å². The summed E-state index contributed by atoms with van der Waals surface area (Å²) in [6.07, 6.45) is 0. The summed E-state index contributed by atoms with van der Waals surface area (Å²) in [5.41, 5.74) is 2.72. The van der Waals surface area contributed by atoms with Crippen LogP contribution in [0.25, 0.3) is 0 Å². The summed E-state index contributed by atoms with van der Waals surface area (Å²) >= 11 is 0. The first-order chi connectivity index (χ1) is 10.1. The zero-order valence-corrected chi connectivity index (χ0v) is 12.0. The lowest BCUT2D eigenvalue weighted by molar-refractivity contribution is 0.0696. The standard InChI is InChI=1S/C17H19NO3/c1-13-5-7-14(8-6-13)12-18-9-10-21-16-4-2-3-15(11-16)17(19)20/h2-8,11,18H,9-10,12H2,1H3,(H,19,20). The number of aromatic carboxylic acids is 1. The molecule has 21 heavy (non-hydrogen) atoms. The van der Waals surface area contributed by atoms with Gasteiger partial charge in [0.05, 0.1) is 5.56 Å². The quantitative estimate of drug-likeness (QED) is 0.768. The van der Waals surface area contributed by atoms with E-state index < -0.39 is 5.97 Å². The van der Waals surface area contributed by atoms with Crippen LogP contribution in [-0.4, -0.2) is 24.2 Å². The van der Waals surface area contributed by atoms with Crippen LogP contribution >= 0.6 is 0 Å². The van der Waals surface area contributed by atoms with Crippen molar-refractivity contribution >= 4 is 5.97 Å². The first kappa shape index (κ1) is 15.1. The lowest BCUT2D eigenvalue weighted by Gasteiger charge is -2.08. The highest BCUT2D eigenvalue weighted by atomic mass is 16.5. The fraction of sp³-hybridized carbons (Fsp3) is 0.235. The highest BCUT2D eigenvalue weighted by Crippen LogP contribution is 2.13. The van der Waals surface area contributed by atoms with E-state index >= 15 is 0 Å². The number of hydrogen-bond acceptors (Lipinski definition) is 3. The van der Waals surface area contributed by atoms with E-state index in [1.807, 2.05) is 0 Å². The molecule has 0 radical (unpaired) electrons. The molecule has 0 aliphatic heterocycles. The van der Waals surface area contributed by atoms with Gasteiger partial charge in [0.15, 0.2) is 0 Å². The fourth-order valence-corrected chi connectivity index (χ4v) is 1.90. The molecule has 0 aliphatic carbocycles. The summed E-state index contributed by atoms with van der Waals surface area (Å²) in [4.78, 5) is 10.8. The van der Waals surface area contributed by atoms with Crippen LogP contribution in [0.4, 0.5) is 0 Å². The van der Waals surface area contributed by atoms with Crippen molar-refractivity contribution in [3.63, 3.8) is 0 Å². The van der Waals surface area contributed by atoms with Crippen molar-refractivity contribution in [2.24, 2.45) is 0 Å². The van der Waals surface area contributed by atoms with Crippen LogP contribution in [0, 0.1) is 6.92 Å². The summed E-state index contributed by atoms with van der Waals surface area (Å²) < 4.78 is 5.53. The molecule has 0 atom stereocenters. The molecule has 2 aromatic carbocycles. The minimum atomic E-state index is -0.946. The predicted octanol–water partition coefficient (Wildman–Crippen LogP) is 2.86. The minimum absolute atomic E-state index is 0.236. The fourth-order valence-electron chi connectivity index (χ4n) is 1.90. The van der Waals surface area contributed by atoms with Crippen molar-refractivity contribution in [2.75, 3.05) is 13.2 Å². The van der Waals surface area contributed by atoms with E-state index in [2.05, 4.69) is 36.5 Å². The lowest BCUT2D eigenvalue weighted by Crippen LogP contribution is -2.20. The Morgan fingerprint density at radius 3 is 2.67 bits per heavy atom. The molecule has 4 heteroatoms. The van der Waals surface area contributed by atoms with Crippen LogP contribution in [0.1, 0.15) is 21.5 Å². The number of ether oxygens (including phenoxy) is 1. The Kier molecular flexibility index (Phi) is 5.35. The molecule has 0 spiro atoms. The molecule has 0 bridgehead atoms. The van der Waals surface area contributed by atoms with Gasteiger partial charge in [-0.15, -0.1) is 0 Å². The van der Waals surface area contributed by atoms with Crippen LogP contribution in [-0.2, 0) is 6.54 Å². The summed E-state index contributed by atoms with van der Waals surface area (Å²) in [7, 11) is 0. The third kappa shape index (κ3) is 4.93. The molecule has 2 aromatic rings. The Balaban J connectivity index is 1.71. The first-order valence-electron chi connectivity index (χ1n) is 6.87. The second kappa shape index (κ2) is 7.45. The SMILES string of the molecule is Cc1ccc(CNCCOc2cccc(C(=O)O)c2)cc1. The minimum Gasteiger partial charge on any atom is -0.492 e. The van der Waals surface area contributed by atoms with E-state index in [1.165, 1.54) is 17.2 Å². The second-order valence-electron chi connectivity index (χ2n) is 4.84. The van der Waals surface area contributed by atoms with Gasteiger partial charge in [0, 0.05) is 13.1 Å². The monoisotopic (exact) mass is 285 g/mol. The largest absolute Gasteiger partial charge is 0.492 e. The van der Waals surface area contributed by atoms with Crippen molar-refractivity contribution in [2.45, 2.75) is 13.5 Å². The number of aryl methyl sites for hydroxylation is 1. The summed E-state index contributed by atoms with van der Waals surface area (Å²) in [6, 6.07) is 14.9. The Morgan fingerprint density at radius 2 is 1.95 bits per heavy atom. The van der Waals surface area contributed by atoms with Crippen LogP contribution < -0.4 is 10.1 Å². The number of carboxylic acids is 1. The Hall–Kier alpha value is -2.33. The molecule has 0 saturated heterocycles. The zero-order chi connectivity index (χ0) is 15.1. The summed E-state index contributed by atoms with van der Waals surface area (Å²) in [5, 5.41) is 12.2. The molecule has 0 fully saturated rings. The molecule has 2 N–H and O–H groups in total. The number of carbonyl (C=O) groups is 1.